The molecule has 24 heavy (non-hydrogen) atoms. The fraction of sp³-hybridized carbons (Fsp3) is 0.0588. The van der Waals surface area contributed by atoms with Crippen LogP contribution in [0.1, 0.15) is 10.4 Å². The smallest absolute Gasteiger partial charge is 0.257 e. The molecule has 3 rings (SSSR count). The molecule has 122 valence electrons. The Labute approximate surface area is 146 Å². The number of thiazole rings is 1. The summed E-state index contributed by atoms with van der Waals surface area (Å²) >= 11 is 7.41. The lowest BCUT2D eigenvalue weighted by Gasteiger charge is -2.04. The van der Waals surface area contributed by atoms with Crippen molar-refractivity contribution in [2.75, 3.05) is 12.4 Å². The molecule has 0 aliphatic heterocycles. The maximum atomic E-state index is 12.9. The molecular formula is C17H12ClFN2O2S. The van der Waals surface area contributed by atoms with Crippen LogP contribution in [0.3, 0.4) is 0 Å². The number of carbonyl (C=O) groups excluding carboxylic acids is 1. The number of amides is 1. The first-order valence-electron chi connectivity index (χ1n) is 6.93. The number of aromatic nitrogens is 1. The lowest BCUT2D eigenvalue weighted by molar-refractivity contribution is 0.102. The number of benzene rings is 2. The van der Waals surface area contributed by atoms with Gasteiger partial charge in [-0.25, -0.2) is 9.37 Å². The van der Waals surface area contributed by atoms with Crippen molar-refractivity contribution in [3.8, 4) is 17.0 Å². The number of nitrogens with zero attached hydrogens (tertiary/aromatic N) is 1. The van der Waals surface area contributed by atoms with Gasteiger partial charge in [0.2, 0.25) is 0 Å². The number of rotatable bonds is 4. The summed E-state index contributed by atoms with van der Waals surface area (Å²) in [6.45, 7) is 0. The van der Waals surface area contributed by atoms with Crippen molar-refractivity contribution in [3.05, 3.63) is 64.2 Å². The molecule has 4 nitrogen and oxygen atoms in total. The lowest BCUT2D eigenvalue weighted by atomic mass is 10.2. The topological polar surface area (TPSA) is 51.2 Å². The molecule has 1 amide bonds. The number of hydrogen-bond acceptors (Lipinski definition) is 4. The highest BCUT2D eigenvalue weighted by Crippen LogP contribution is 2.31. The maximum absolute atomic E-state index is 12.9. The van der Waals surface area contributed by atoms with Crippen LogP contribution in [-0.2, 0) is 0 Å². The molecule has 7 heteroatoms. The standard InChI is InChI=1S/C17H12ClFN2O2S/c1-23-15-7-4-11(8-13(15)18)14-9-24-17(20-14)21-16(22)10-2-5-12(19)6-3-10/h2-9H,1H3,(H,20,21,22). The first-order chi connectivity index (χ1) is 11.6. The zero-order valence-electron chi connectivity index (χ0n) is 12.5. The van der Waals surface area contributed by atoms with Gasteiger partial charge in [0.05, 0.1) is 17.8 Å². The van der Waals surface area contributed by atoms with Gasteiger partial charge in [-0.3, -0.25) is 10.1 Å². The molecular weight excluding hydrogens is 351 g/mol. The predicted octanol–water partition coefficient (Wildman–Crippen LogP) is 4.86. The van der Waals surface area contributed by atoms with Crippen LogP contribution in [0.25, 0.3) is 11.3 Å². The summed E-state index contributed by atoms with van der Waals surface area (Å²) in [5.41, 5.74) is 1.87. The summed E-state index contributed by atoms with van der Waals surface area (Å²) in [5.74, 6) is -0.149. The second-order valence-electron chi connectivity index (χ2n) is 4.85. The van der Waals surface area contributed by atoms with Gasteiger partial charge in [0.25, 0.3) is 5.91 Å². The third-order valence-corrected chi connectivity index (χ3v) is 4.33. The highest BCUT2D eigenvalue weighted by molar-refractivity contribution is 7.14. The van der Waals surface area contributed by atoms with Gasteiger partial charge in [-0.05, 0) is 42.5 Å². The Kier molecular flexibility index (Phi) is 4.78. The monoisotopic (exact) mass is 362 g/mol. The van der Waals surface area contributed by atoms with E-state index in [0.29, 0.717) is 27.2 Å². The molecule has 1 N–H and O–H groups in total. The summed E-state index contributed by atoms with van der Waals surface area (Å²) in [4.78, 5) is 16.5. The highest BCUT2D eigenvalue weighted by atomic mass is 35.5. The molecule has 1 heterocycles. The SMILES string of the molecule is COc1ccc(-c2csc(NC(=O)c3ccc(F)cc3)n2)cc1Cl. The molecule has 0 saturated carbocycles. The van der Waals surface area contributed by atoms with Crippen LogP contribution in [0.2, 0.25) is 5.02 Å². The van der Waals surface area contributed by atoms with E-state index in [4.69, 9.17) is 16.3 Å². The van der Waals surface area contributed by atoms with Gasteiger partial charge in [0.1, 0.15) is 11.6 Å². The summed E-state index contributed by atoms with van der Waals surface area (Å²) in [6.07, 6.45) is 0. The van der Waals surface area contributed by atoms with E-state index < -0.39 is 0 Å². The minimum absolute atomic E-state index is 0.344. The van der Waals surface area contributed by atoms with E-state index in [9.17, 15) is 9.18 Å². The minimum Gasteiger partial charge on any atom is -0.495 e. The van der Waals surface area contributed by atoms with E-state index >= 15 is 0 Å². The van der Waals surface area contributed by atoms with Gasteiger partial charge >= 0.3 is 0 Å². The molecule has 0 aliphatic carbocycles. The summed E-state index contributed by atoms with van der Waals surface area (Å²) in [6, 6.07) is 10.7. The van der Waals surface area contributed by atoms with Crippen molar-refractivity contribution in [2.45, 2.75) is 0 Å². The fourth-order valence-electron chi connectivity index (χ4n) is 2.06. The zero-order chi connectivity index (χ0) is 17.1. The molecule has 0 radical (unpaired) electrons. The molecule has 0 atom stereocenters. The molecule has 0 fully saturated rings. The molecule has 0 bridgehead atoms. The molecule has 0 unspecified atom stereocenters. The minimum atomic E-state index is -0.389. The van der Waals surface area contributed by atoms with Crippen LogP contribution in [0.5, 0.6) is 5.75 Å². The van der Waals surface area contributed by atoms with Crippen molar-refractivity contribution < 1.29 is 13.9 Å². The third kappa shape index (κ3) is 3.55. The Morgan fingerprint density at radius 2 is 2.00 bits per heavy atom. The maximum Gasteiger partial charge on any atom is 0.257 e. The molecule has 0 spiro atoms. The van der Waals surface area contributed by atoms with Crippen LogP contribution < -0.4 is 10.1 Å². The summed E-state index contributed by atoms with van der Waals surface area (Å²) < 4.78 is 18.0. The van der Waals surface area contributed by atoms with Gasteiger partial charge in [-0.2, -0.15) is 0 Å². The normalized spacial score (nSPS) is 10.5. The van der Waals surface area contributed by atoms with Gasteiger partial charge in [-0.15, -0.1) is 11.3 Å². The number of hydrogen-bond donors (Lipinski definition) is 1. The second-order valence-corrected chi connectivity index (χ2v) is 6.11. The van der Waals surface area contributed by atoms with Gasteiger partial charge < -0.3 is 4.74 Å². The van der Waals surface area contributed by atoms with Crippen molar-refractivity contribution >= 4 is 34.0 Å². The van der Waals surface area contributed by atoms with Gasteiger partial charge in [0.15, 0.2) is 5.13 Å². The number of anilines is 1. The van der Waals surface area contributed by atoms with E-state index in [1.807, 2.05) is 11.4 Å². The third-order valence-electron chi connectivity index (χ3n) is 3.28. The molecule has 0 aliphatic rings. The quantitative estimate of drug-likeness (QED) is 0.720. The Morgan fingerprint density at radius 1 is 1.25 bits per heavy atom. The van der Waals surface area contributed by atoms with E-state index in [0.717, 1.165) is 5.56 Å². The van der Waals surface area contributed by atoms with Gasteiger partial charge in [0, 0.05) is 16.5 Å². The van der Waals surface area contributed by atoms with Crippen LogP contribution in [-0.4, -0.2) is 18.0 Å². The largest absolute Gasteiger partial charge is 0.495 e. The van der Waals surface area contributed by atoms with Crippen LogP contribution in [0.4, 0.5) is 9.52 Å². The van der Waals surface area contributed by atoms with Crippen molar-refractivity contribution in [1.82, 2.24) is 4.98 Å². The predicted molar refractivity (Wildman–Crippen MR) is 93.5 cm³/mol. The number of nitrogens with one attached hydrogen (secondary N) is 1. The average molecular weight is 363 g/mol. The number of carbonyl (C=O) groups is 1. The van der Waals surface area contributed by atoms with E-state index in [2.05, 4.69) is 10.3 Å². The summed E-state index contributed by atoms with van der Waals surface area (Å²) in [5, 5.41) is 5.45. The molecule has 1 aromatic heterocycles. The van der Waals surface area contributed by atoms with Crippen LogP contribution >= 0.6 is 22.9 Å². The second kappa shape index (κ2) is 6.98. The first kappa shape index (κ1) is 16.4. The summed E-state index contributed by atoms with van der Waals surface area (Å²) in [7, 11) is 1.55. The lowest BCUT2D eigenvalue weighted by Crippen LogP contribution is -2.11. The van der Waals surface area contributed by atoms with E-state index in [1.165, 1.54) is 35.6 Å². The average Bonchev–Trinajstić information content (AvgIpc) is 3.04. The molecule has 0 saturated heterocycles. The van der Waals surface area contributed by atoms with Crippen molar-refractivity contribution in [3.63, 3.8) is 0 Å². The molecule has 2 aromatic carbocycles. The number of halogens is 2. The van der Waals surface area contributed by atoms with E-state index in [-0.39, 0.29) is 11.7 Å². The molecule has 3 aromatic rings. The zero-order valence-corrected chi connectivity index (χ0v) is 14.1. The van der Waals surface area contributed by atoms with Crippen molar-refractivity contribution in [1.29, 1.82) is 0 Å². The van der Waals surface area contributed by atoms with Crippen molar-refractivity contribution in [2.24, 2.45) is 0 Å². The highest BCUT2D eigenvalue weighted by Gasteiger charge is 2.11. The van der Waals surface area contributed by atoms with E-state index in [1.54, 1.807) is 19.2 Å². The Bertz CT molecular complexity index is 881. The van der Waals surface area contributed by atoms with Crippen LogP contribution in [0.15, 0.2) is 47.8 Å². The number of ether oxygens (including phenoxy) is 1. The van der Waals surface area contributed by atoms with Crippen LogP contribution in [0, 0.1) is 5.82 Å². The Balaban J connectivity index is 1.77. The first-order valence-corrected chi connectivity index (χ1v) is 8.19. The number of methoxy groups -OCH3 is 1. The Morgan fingerprint density at radius 3 is 2.67 bits per heavy atom. The van der Waals surface area contributed by atoms with Gasteiger partial charge in [-0.1, -0.05) is 11.6 Å². The Hall–Kier alpha value is -2.44. The fourth-order valence-corrected chi connectivity index (χ4v) is 3.03.